The maximum absolute atomic E-state index is 12.6. The van der Waals surface area contributed by atoms with E-state index >= 15 is 0 Å². The van der Waals surface area contributed by atoms with E-state index in [0.717, 1.165) is 0 Å². The Bertz CT molecular complexity index is 946. The van der Waals surface area contributed by atoms with Crippen molar-refractivity contribution in [2.24, 2.45) is 0 Å². The highest BCUT2D eigenvalue weighted by Crippen LogP contribution is 2.29. The topological polar surface area (TPSA) is 112 Å². The number of anilines is 2. The molecule has 2 rings (SSSR count). The fourth-order valence-corrected chi connectivity index (χ4v) is 2.69. The van der Waals surface area contributed by atoms with Crippen LogP contribution in [-0.2, 0) is 9.47 Å². The highest BCUT2D eigenvalue weighted by atomic mass is 16.5. The number of carbonyl (C=O) groups excluding carboxylic acids is 3. The smallest absolute Gasteiger partial charge is 0.338 e. The lowest BCUT2D eigenvalue weighted by Gasteiger charge is -2.15. The monoisotopic (exact) mass is 444 g/mol. The van der Waals surface area contributed by atoms with Crippen molar-refractivity contribution in [2.75, 3.05) is 24.9 Å². The van der Waals surface area contributed by atoms with Crippen LogP contribution in [0.4, 0.5) is 16.2 Å². The number of benzene rings is 2. The van der Waals surface area contributed by atoms with Gasteiger partial charge in [-0.3, -0.25) is 0 Å². The second kappa shape index (κ2) is 11.0. The molecule has 9 heteroatoms. The van der Waals surface area contributed by atoms with E-state index < -0.39 is 18.0 Å². The van der Waals surface area contributed by atoms with Crippen LogP contribution < -0.4 is 20.1 Å². The summed E-state index contributed by atoms with van der Waals surface area (Å²) in [4.78, 5) is 37.4. The van der Waals surface area contributed by atoms with Crippen molar-refractivity contribution in [1.29, 1.82) is 0 Å². The van der Waals surface area contributed by atoms with Crippen LogP contribution >= 0.6 is 0 Å². The molecule has 2 amide bonds. The quantitative estimate of drug-likeness (QED) is 0.577. The number of hydrogen-bond donors (Lipinski definition) is 2. The molecule has 32 heavy (non-hydrogen) atoms. The minimum atomic E-state index is -0.625. The van der Waals surface area contributed by atoms with Crippen molar-refractivity contribution in [3.8, 4) is 11.5 Å². The highest BCUT2D eigenvalue weighted by Gasteiger charge is 2.18. The molecule has 0 aliphatic carbocycles. The van der Waals surface area contributed by atoms with E-state index in [-0.39, 0.29) is 29.0 Å². The lowest BCUT2D eigenvalue weighted by atomic mass is 10.1. The van der Waals surface area contributed by atoms with E-state index in [1.807, 2.05) is 0 Å². The van der Waals surface area contributed by atoms with Crippen LogP contribution in [0.5, 0.6) is 11.5 Å². The van der Waals surface area contributed by atoms with Gasteiger partial charge >= 0.3 is 18.0 Å². The number of methoxy groups -OCH3 is 2. The standard InChI is InChI=1S/C23H28N2O7/c1-13(2)31-21(26)15-9-16(22(27)32-14(3)4)11-17(10-15)24-23(28)25-19-8-7-18(29-5)12-20(19)30-6/h7-14H,1-6H3,(H2,24,25,28). The second-order valence-electron chi connectivity index (χ2n) is 7.35. The molecule has 0 bridgehead atoms. The molecule has 0 unspecified atom stereocenters. The molecule has 0 spiro atoms. The number of urea groups is 1. The number of amides is 2. The first kappa shape index (κ1) is 24.5. The molecule has 172 valence electrons. The first-order valence-corrected chi connectivity index (χ1v) is 10.00. The van der Waals surface area contributed by atoms with Crippen molar-refractivity contribution >= 4 is 29.3 Å². The maximum atomic E-state index is 12.6. The van der Waals surface area contributed by atoms with Gasteiger partial charge in [-0.25, -0.2) is 14.4 Å². The lowest BCUT2D eigenvalue weighted by Crippen LogP contribution is -2.21. The van der Waals surface area contributed by atoms with Crippen LogP contribution in [0.1, 0.15) is 48.4 Å². The molecule has 2 N–H and O–H groups in total. The van der Waals surface area contributed by atoms with Crippen LogP contribution in [0.15, 0.2) is 36.4 Å². The van der Waals surface area contributed by atoms with E-state index in [2.05, 4.69) is 10.6 Å². The summed E-state index contributed by atoms with van der Waals surface area (Å²) in [6, 6.07) is 8.51. The minimum absolute atomic E-state index is 0.106. The van der Waals surface area contributed by atoms with E-state index in [1.165, 1.54) is 32.4 Å². The van der Waals surface area contributed by atoms with Gasteiger partial charge < -0.3 is 29.6 Å². The minimum Gasteiger partial charge on any atom is -0.497 e. The maximum Gasteiger partial charge on any atom is 0.338 e. The first-order valence-electron chi connectivity index (χ1n) is 10.00. The third kappa shape index (κ3) is 6.90. The summed E-state index contributed by atoms with van der Waals surface area (Å²) in [5.41, 5.74) is 0.827. The number of hydrogen-bond acceptors (Lipinski definition) is 7. The number of carbonyl (C=O) groups is 3. The summed E-state index contributed by atoms with van der Waals surface area (Å²) < 4.78 is 20.8. The summed E-state index contributed by atoms with van der Waals surface area (Å²) >= 11 is 0. The van der Waals surface area contributed by atoms with Crippen LogP contribution in [0, 0.1) is 0 Å². The van der Waals surface area contributed by atoms with Gasteiger partial charge in [0.25, 0.3) is 0 Å². The van der Waals surface area contributed by atoms with Gasteiger partial charge in [-0.1, -0.05) is 0 Å². The second-order valence-corrected chi connectivity index (χ2v) is 7.35. The Morgan fingerprint density at radius 1 is 0.750 bits per heavy atom. The summed E-state index contributed by atoms with van der Waals surface area (Å²) in [5, 5.41) is 5.28. The number of nitrogens with one attached hydrogen (secondary N) is 2. The number of rotatable bonds is 8. The molecule has 2 aromatic rings. The summed E-state index contributed by atoms with van der Waals surface area (Å²) in [6.45, 7) is 6.85. The van der Waals surface area contributed by atoms with Gasteiger partial charge in [0.2, 0.25) is 0 Å². The van der Waals surface area contributed by atoms with E-state index in [9.17, 15) is 14.4 Å². The Labute approximate surface area is 187 Å². The summed E-state index contributed by atoms with van der Waals surface area (Å²) in [5.74, 6) is -0.286. The third-order valence-corrected chi connectivity index (χ3v) is 4.00. The average Bonchev–Trinajstić information content (AvgIpc) is 2.72. The Kier molecular flexibility index (Phi) is 8.46. The first-order chi connectivity index (χ1) is 15.1. The predicted octanol–water partition coefficient (Wildman–Crippen LogP) is 4.48. The zero-order chi connectivity index (χ0) is 23.8. The summed E-state index contributed by atoms with van der Waals surface area (Å²) in [6.07, 6.45) is -0.702. The predicted molar refractivity (Wildman–Crippen MR) is 120 cm³/mol. The molecular formula is C23H28N2O7. The van der Waals surface area contributed by atoms with E-state index in [0.29, 0.717) is 17.2 Å². The third-order valence-electron chi connectivity index (χ3n) is 4.00. The Morgan fingerprint density at radius 2 is 1.31 bits per heavy atom. The normalized spacial score (nSPS) is 10.5. The fraction of sp³-hybridized carbons (Fsp3) is 0.348. The molecule has 0 heterocycles. The van der Waals surface area contributed by atoms with Crippen LogP contribution in [0.2, 0.25) is 0 Å². The largest absolute Gasteiger partial charge is 0.497 e. The van der Waals surface area contributed by atoms with Crippen molar-refractivity contribution in [1.82, 2.24) is 0 Å². The van der Waals surface area contributed by atoms with Crippen molar-refractivity contribution in [2.45, 2.75) is 39.9 Å². The molecular weight excluding hydrogens is 416 g/mol. The zero-order valence-electron chi connectivity index (χ0n) is 19.0. The van der Waals surface area contributed by atoms with E-state index in [1.54, 1.807) is 45.9 Å². The van der Waals surface area contributed by atoms with Gasteiger partial charge in [0.05, 0.1) is 43.2 Å². The number of esters is 2. The van der Waals surface area contributed by atoms with Gasteiger partial charge in [0.15, 0.2) is 0 Å². The van der Waals surface area contributed by atoms with Crippen molar-refractivity contribution < 1.29 is 33.3 Å². The molecule has 0 aliphatic heterocycles. The van der Waals surface area contributed by atoms with Crippen molar-refractivity contribution in [3.63, 3.8) is 0 Å². The average molecular weight is 444 g/mol. The SMILES string of the molecule is COc1ccc(NC(=O)Nc2cc(C(=O)OC(C)C)cc(C(=O)OC(C)C)c2)c(OC)c1. The summed E-state index contributed by atoms with van der Waals surface area (Å²) in [7, 11) is 2.99. The highest BCUT2D eigenvalue weighted by molar-refractivity contribution is 6.03. The Balaban J connectivity index is 2.29. The molecule has 0 saturated carbocycles. The zero-order valence-corrected chi connectivity index (χ0v) is 19.0. The van der Waals surface area contributed by atoms with E-state index in [4.69, 9.17) is 18.9 Å². The van der Waals surface area contributed by atoms with Gasteiger partial charge in [-0.15, -0.1) is 0 Å². The van der Waals surface area contributed by atoms with Crippen molar-refractivity contribution in [3.05, 3.63) is 47.5 Å². The molecule has 2 aromatic carbocycles. The number of ether oxygens (including phenoxy) is 4. The molecule has 0 fully saturated rings. The molecule has 0 saturated heterocycles. The lowest BCUT2D eigenvalue weighted by molar-refractivity contribution is 0.0377. The van der Waals surface area contributed by atoms with Gasteiger partial charge in [-0.2, -0.15) is 0 Å². The Hall–Kier alpha value is -3.75. The van der Waals surface area contributed by atoms with Gasteiger partial charge in [0, 0.05) is 11.8 Å². The Morgan fingerprint density at radius 3 is 1.78 bits per heavy atom. The fourth-order valence-electron chi connectivity index (χ4n) is 2.69. The molecule has 0 aliphatic rings. The molecule has 0 radical (unpaired) electrons. The van der Waals surface area contributed by atoms with Crippen LogP contribution in [-0.4, -0.2) is 44.4 Å². The van der Waals surface area contributed by atoms with Gasteiger partial charge in [-0.05, 0) is 58.0 Å². The molecule has 0 atom stereocenters. The van der Waals surface area contributed by atoms with Crippen LogP contribution in [0.25, 0.3) is 0 Å². The van der Waals surface area contributed by atoms with Crippen LogP contribution in [0.3, 0.4) is 0 Å². The molecule has 9 nitrogen and oxygen atoms in total. The van der Waals surface area contributed by atoms with Gasteiger partial charge in [0.1, 0.15) is 11.5 Å². The molecule has 0 aromatic heterocycles.